The average molecular weight is 189 g/mol. The summed E-state index contributed by atoms with van der Waals surface area (Å²) in [6.45, 7) is 0. The van der Waals surface area contributed by atoms with E-state index in [0.29, 0.717) is 11.4 Å². The third kappa shape index (κ3) is 1.65. The highest BCUT2D eigenvalue weighted by Gasteiger charge is 2.13. The summed E-state index contributed by atoms with van der Waals surface area (Å²) in [7, 11) is 1.81. The van der Waals surface area contributed by atoms with Crippen LogP contribution in [-0.4, -0.2) is 19.9 Å². The van der Waals surface area contributed by atoms with Crippen molar-refractivity contribution < 1.29 is 5.11 Å². The molecular weight excluding hydrogens is 178 g/mol. The summed E-state index contributed by atoms with van der Waals surface area (Å²) in [5.74, 6) is 0. The summed E-state index contributed by atoms with van der Waals surface area (Å²) in [6.07, 6.45) is 2.71. The molecule has 0 radical (unpaired) electrons. The fourth-order valence-electron chi connectivity index (χ4n) is 1.27. The van der Waals surface area contributed by atoms with Gasteiger partial charge in [0.25, 0.3) is 0 Å². The molecule has 2 aromatic heterocycles. The lowest BCUT2D eigenvalue weighted by Crippen LogP contribution is -2.03. The Morgan fingerprint density at radius 1 is 1.29 bits per heavy atom. The number of aromatic nitrogens is 3. The van der Waals surface area contributed by atoms with Crippen LogP contribution >= 0.6 is 0 Å². The normalized spacial score (nSPS) is 12.7. The third-order valence-electron chi connectivity index (χ3n) is 1.98. The minimum Gasteiger partial charge on any atom is -0.380 e. The Morgan fingerprint density at radius 3 is 2.71 bits per heavy atom. The fourth-order valence-corrected chi connectivity index (χ4v) is 1.27. The average Bonchev–Trinajstić information content (AvgIpc) is 2.65. The van der Waals surface area contributed by atoms with Crippen molar-refractivity contribution in [2.24, 2.45) is 7.05 Å². The van der Waals surface area contributed by atoms with Crippen LogP contribution in [0.4, 0.5) is 0 Å². The van der Waals surface area contributed by atoms with Crippen LogP contribution in [0.3, 0.4) is 0 Å². The number of nitrogens with zero attached hydrogens (tertiary/aromatic N) is 3. The molecule has 0 aliphatic heterocycles. The number of pyridine rings is 1. The molecule has 2 aromatic rings. The summed E-state index contributed by atoms with van der Waals surface area (Å²) in [6, 6.07) is 7.21. The molecule has 1 N–H and O–H groups in total. The zero-order valence-electron chi connectivity index (χ0n) is 7.83. The van der Waals surface area contributed by atoms with Gasteiger partial charge in [-0.2, -0.15) is 5.10 Å². The molecule has 0 saturated carbocycles. The molecule has 0 saturated heterocycles. The van der Waals surface area contributed by atoms with E-state index in [1.54, 1.807) is 29.2 Å². The Hall–Kier alpha value is -1.68. The van der Waals surface area contributed by atoms with Crippen LogP contribution < -0.4 is 0 Å². The van der Waals surface area contributed by atoms with Crippen LogP contribution in [0.5, 0.6) is 0 Å². The molecule has 2 rings (SSSR count). The van der Waals surface area contributed by atoms with Crippen molar-refractivity contribution in [2.45, 2.75) is 6.10 Å². The molecule has 0 spiro atoms. The highest BCUT2D eigenvalue weighted by molar-refractivity contribution is 5.17. The van der Waals surface area contributed by atoms with Gasteiger partial charge in [0.1, 0.15) is 6.10 Å². The summed E-state index contributed by atoms with van der Waals surface area (Å²) in [4.78, 5) is 4.07. The van der Waals surface area contributed by atoms with Crippen LogP contribution in [-0.2, 0) is 7.05 Å². The molecule has 14 heavy (non-hydrogen) atoms. The van der Waals surface area contributed by atoms with Gasteiger partial charge in [0.15, 0.2) is 0 Å². The summed E-state index contributed by atoms with van der Waals surface area (Å²) >= 11 is 0. The second-order valence-corrected chi connectivity index (χ2v) is 3.07. The first-order valence-electron chi connectivity index (χ1n) is 4.36. The minimum atomic E-state index is -0.739. The number of aliphatic hydroxyl groups is 1. The van der Waals surface area contributed by atoms with E-state index in [1.807, 2.05) is 19.2 Å². The third-order valence-corrected chi connectivity index (χ3v) is 1.98. The predicted molar refractivity (Wildman–Crippen MR) is 51.5 cm³/mol. The van der Waals surface area contributed by atoms with Gasteiger partial charge in [0.05, 0.1) is 11.4 Å². The van der Waals surface area contributed by atoms with Crippen molar-refractivity contribution >= 4 is 0 Å². The standard InChI is InChI=1S/C10H11N3O/c1-13-7-5-9(12-13)10(14)8-4-2-3-6-11-8/h2-7,10,14H,1H3. The lowest BCUT2D eigenvalue weighted by Gasteiger charge is -2.05. The maximum Gasteiger partial charge on any atom is 0.140 e. The molecule has 0 fully saturated rings. The minimum absolute atomic E-state index is 0.617. The number of aryl methyl sites for hydroxylation is 1. The van der Waals surface area contributed by atoms with Crippen LogP contribution in [0.25, 0.3) is 0 Å². The molecule has 0 aliphatic carbocycles. The van der Waals surface area contributed by atoms with Gasteiger partial charge in [-0.3, -0.25) is 9.67 Å². The second kappa shape index (κ2) is 3.59. The first-order valence-corrected chi connectivity index (χ1v) is 4.36. The number of hydrogen-bond donors (Lipinski definition) is 1. The largest absolute Gasteiger partial charge is 0.380 e. The molecule has 0 aromatic carbocycles. The number of rotatable bonds is 2. The van der Waals surface area contributed by atoms with Gasteiger partial charge in [0, 0.05) is 19.4 Å². The van der Waals surface area contributed by atoms with Gasteiger partial charge < -0.3 is 5.11 Å². The van der Waals surface area contributed by atoms with E-state index in [1.165, 1.54) is 0 Å². The maximum atomic E-state index is 9.87. The number of hydrogen-bond acceptors (Lipinski definition) is 3. The molecular formula is C10H11N3O. The van der Waals surface area contributed by atoms with Gasteiger partial charge in [-0.05, 0) is 18.2 Å². The van der Waals surface area contributed by atoms with Crippen LogP contribution in [0.15, 0.2) is 36.7 Å². The van der Waals surface area contributed by atoms with Gasteiger partial charge in [-0.1, -0.05) is 6.07 Å². The quantitative estimate of drug-likeness (QED) is 0.763. The van der Waals surface area contributed by atoms with E-state index < -0.39 is 6.10 Å². The van der Waals surface area contributed by atoms with Crippen molar-refractivity contribution in [1.29, 1.82) is 0 Å². The maximum absolute atomic E-state index is 9.87. The van der Waals surface area contributed by atoms with Crippen LogP contribution in [0.1, 0.15) is 17.5 Å². The van der Waals surface area contributed by atoms with Crippen molar-refractivity contribution in [3.05, 3.63) is 48.0 Å². The number of aliphatic hydroxyl groups excluding tert-OH is 1. The molecule has 0 aliphatic rings. The molecule has 2 heterocycles. The fraction of sp³-hybridized carbons (Fsp3) is 0.200. The zero-order chi connectivity index (χ0) is 9.97. The first kappa shape index (κ1) is 8.90. The molecule has 72 valence electrons. The van der Waals surface area contributed by atoms with Gasteiger partial charge in [-0.15, -0.1) is 0 Å². The Morgan fingerprint density at radius 2 is 2.14 bits per heavy atom. The molecule has 0 bridgehead atoms. The van der Waals surface area contributed by atoms with Crippen LogP contribution in [0.2, 0.25) is 0 Å². The van der Waals surface area contributed by atoms with Gasteiger partial charge in [0.2, 0.25) is 0 Å². The summed E-state index contributed by atoms with van der Waals surface area (Å²) in [5, 5.41) is 14.0. The lowest BCUT2D eigenvalue weighted by atomic mass is 10.2. The Labute approximate surface area is 81.8 Å². The van der Waals surface area contributed by atoms with E-state index in [4.69, 9.17) is 0 Å². The molecule has 0 amide bonds. The van der Waals surface area contributed by atoms with E-state index in [-0.39, 0.29) is 0 Å². The molecule has 4 heteroatoms. The lowest BCUT2D eigenvalue weighted by molar-refractivity contribution is 0.209. The van der Waals surface area contributed by atoms with Gasteiger partial charge >= 0.3 is 0 Å². The van der Waals surface area contributed by atoms with Crippen LogP contribution in [0, 0.1) is 0 Å². The van der Waals surface area contributed by atoms with Crippen molar-refractivity contribution in [3.8, 4) is 0 Å². The van der Waals surface area contributed by atoms with E-state index in [9.17, 15) is 5.11 Å². The zero-order valence-corrected chi connectivity index (χ0v) is 7.83. The van der Waals surface area contributed by atoms with Gasteiger partial charge in [-0.25, -0.2) is 0 Å². The van der Waals surface area contributed by atoms with Crippen molar-refractivity contribution in [3.63, 3.8) is 0 Å². The molecule has 1 unspecified atom stereocenters. The van der Waals surface area contributed by atoms with E-state index >= 15 is 0 Å². The Bertz CT molecular complexity index is 410. The smallest absolute Gasteiger partial charge is 0.140 e. The Kier molecular flexibility index (Phi) is 2.28. The summed E-state index contributed by atoms with van der Waals surface area (Å²) < 4.78 is 1.65. The van der Waals surface area contributed by atoms with Crippen molar-refractivity contribution in [2.75, 3.05) is 0 Å². The Balaban J connectivity index is 2.29. The topological polar surface area (TPSA) is 50.9 Å². The highest BCUT2D eigenvalue weighted by atomic mass is 16.3. The predicted octanol–water partition coefficient (Wildman–Crippen LogP) is 0.897. The second-order valence-electron chi connectivity index (χ2n) is 3.07. The molecule has 4 nitrogen and oxygen atoms in total. The van der Waals surface area contributed by atoms with E-state index in [0.717, 1.165) is 0 Å². The summed E-state index contributed by atoms with van der Waals surface area (Å²) in [5.41, 5.74) is 1.23. The SMILES string of the molecule is Cn1ccc(C(O)c2ccccn2)n1. The monoisotopic (exact) mass is 189 g/mol. The first-order chi connectivity index (χ1) is 6.77. The van der Waals surface area contributed by atoms with E-state index in [2.05, 4.69) is 10.1 Å². The molecule has 1 atom stereocenters. The highest BCUT2D eigenvalue weighted by Crippen LogP contribution is 2.16. The van der Waals surface area contributed by atoms with Crippen molar-refractivity contribution in [1.82, 2.24) is 14.8 Å².